The number of benzene rings is 1. The van der Waals surface area contributed by atoms with Gasteiger partial charge in [-0.2, -0.15) is 10.5 Å². The molecular weight excluding hydrogens is 364 g/mol. The van der Waals surface area contributed by atoms with E-state index < -0.39 is 17.2 Å². The highest BCUT2D eigenvalue weighted by Crippen LogP contribution is 2.41. The molecule has 0 saturated carbocycles. The summed E-state index contributed by atoms with van der Waals surface area (Å²) in [5.74, 6) is -0.842. The molecule has 0 radical (unpaired) electrons. The topological polar surface area (TPSA) is 115 Å². The van der Waals surface area contributed by atoms with Gasteiger partial charge >= 0.3 is 0 Å². The maximum atomic E-state index is 12.1. The van der Waals surface area contributed by atoms with Gasteiger partial charge in [-0.1, -0.05) is 37.7 Å². The largest absolute Gasteiger partial charge is 0.497 e. The number of allylic oxidation sites excluding steroid dienone is 1. The highest BCUT2D eigenvalue weighted by Gasteiger charge is 2.44. The van der Waals surface area contributed by atoms with Gasteiger partial charge in [0.25, 0.3) is 0 Å². The van der Waals surface area contributed by atoms with E-state index in [-0.39, 0.29) is 11.7 Å². The molecule has 0 unspecified atom stereocenters. The SMILES string of the molecule is COc1ccc(CNC(=O)CSC2=C(C#N)C(C)(C)[C@@H](C#N)C(=O)N2)cc1. The van der Waals surface area contributed by atoms with Gasteiger partial charge < -0.3 is 15.4 Å². The summed E-state index contributed by atoms with van der Waals surface area (Å²) in [4.78, 5) is 24.2. The third-order valence-corrected chi connectivity index (χ3v) is 5.33. The van der Waals surface area contributed by atoms with E-state index in [2.05, 4.69) is 16.7 Å². The predicted molar refractivity (Wildman–Crippen MR) is 101 cm³/mol. The van der Waals surface area contributed by atoms with Gasteiger partial charge in [0, 0.05) is 12.0 Å². The van der Waals surface area contributed by atoms with Crippen molar-refractivity contribution in [1.82, 2.24) is 10.6 Å². The molecule has 0 aliphatic carbocycles. The Morgan fingerprint density at radius 1 is 1.33 bits per heavy atom. The van der Waals surface area contributed by atoms with Crippen molar-refractivity contribution in [3.8, 4) is 17.9 Å². The van der Waals surface area contributed by atoms with Crippen LogP contribution in [-0.2, 0) is 16.1 Å². The number of hydrogen-bond donors (Lipinski definition) is 2. The molecule has 2 amide bonds. The Morgan fingerprint density at radius 3 is 2.56 bits per heavy atom. The highest BCUT2D eigenvalue weighted by atomic mass is 32.2. The first-order valence-corrected chi connectivity index (χ1v) is 9.19. The molecule has 27 heavy (non-hydrogen) atoms. The first-order valence-electron chi connectivity index (χ1n) is 8.21. The third kappa shape index (κ3) is 4.60. The minimum absolute atomic E-state index is 0.0459. The summed E-state index contributed by atoms with van der Waals surface area (Å²) in [6, 6.07) is 11.3. The maximum absolute atomic E-state index is 12.1. The van der Waals surface area contributed by atoms with Crippen molar-refractivity contribution in [2.75, 3.05) is 12.9 Å². The number of methoxy groups -OCH3 is 1. The zero-order chi connectivity index (χ0) is 20.0. The summed E-state index contributed by atoms with van der Waals surface area (Å²) in [5.41, 5.74) is 0.324. The molecule has 140 valence electrons. The van der Waals surface area contributed by atoms with Gasteiger partial charge in [0.2, 0.25) is 11.8 Å². The summed E-state index contributed by atoms with van der Waals surface area (Å²) >= 11 is 1.08. The van der Waals surface area contributed by atoms with Crippen LogP contribution in [0.25, 0.3) is 0 Å². The van der Waals surface area contributed by atoms with Crippen LogP contribution in [0.1, 0.15) is 19.4 Å². The van der Waals surface area contributed by atoms with Crippen molar-refractivity contribution in [3.63, 3.8) is 0 Å². The Labute approximate surface area is 162 Å². The predicted octanol–water partition coefficient (Wildman–Crippen LogP) is 2.08. The molecule has 0 aromatic heterocycles. The minimum Gasteiger partial charge on any atom is -0.497 e. The fraction of sp³-hybridized carbons (Fsp3) is 0.368. The molecule has 1 aliphatic rings. The molecule has 1 atom stereocenters. The zero-order valence-corrected chi connectivity index (χ0v) is 16.1. The average Bonchev–Trinajstić information content (AvgIpc) is 2.64. The second kappa shape index (κ2) is 8.61. The van der Waals surface area contributed by atoms with E-state index in [9.17, 15) is 20.1 Å². The Hall–Kier alpha value is -2.97. The summed E-state index contributed by atoms with van der Waals surface area (Å²) in [6.07, 6.45) is 0. The molecule has 0 saturated heterocycles. The van der Waals surface area contributed by atoms with Gasteiger partial charge in [-0.25, -0.2) is 0 Å². The zero-order valence-electron chi connectivity index (χ0n) is 15.3. The van der Waals surface area contributed by atoms with Crippen molar-refractivity contribution in [2.45, 2.75) is 20.4 Å². The van der Waals surface area contributed by atoms with Crippen LogP contribution in [0.2, 0.25) is 0 Å². The number of hydrogen-bond acceptors (Lipinski definition) is 6. The number of carbonyl (C=O) groups excluding carboxylic acids is 2. The first kappa shape index (κ1) is 20.3. The number of rotatable bonds is 6. The van der Waals surface area contributed by atoms with Crippen LogP contribution < -0.4 is 15.4 Å². The van der Waals surface area contributed by atoms with E-state index in [4.69, 9.17) is 4.74 Å². The van der Waals surface area contributed by atoms with Crippen molar-refractivity contribution in [2.24, 2.45) is 11.3 Å². The number of nitrogens with one attached hydrogen (secondary N) is 2. The standard InChI is InChI=1S/C19H20N4O3S/c1-19(2)14(8-20)17(25)23-18(15(19)9-21)27-11-16(24)22-10-12-4-6-13(26-3)7-5-12/h4-7,14H,10-11H2,1-3H3,(H,22,24)(H,23,25)/t14-/m0/s1. The summed E-state index contributed by atoms with van der Waals surface area (Å²) in [7, 11) is 1.59. The van der Waals surface area contributed by atoms with Crippen LogP contribution in [0.5, 0.6) is 5.75 Å². The minimum atomic E-state index is -0.944. The number of thioether (sulfide) groups is 1. The van der Waals surface area contributed by atoms with Crippen LogP contribution in [0, 0.1) is 34.0 Å². The lowest BCUT2D eigenvalue weighted by Gasteiger charge is -2.34. The second-order valence-corrected chi connectivity index (χ2v) is 7.49. The van der Waals surface area contributed by atoms with Gasteiger partial charge in [0.15, 0.2) is 0 Å². The monoisotopic (exact) mass is 384 g/mol. The smallest absolute Gasteiger partial charge is 0.243 e. The molecule has 0 fully saturated rings. The average molecular weight is 384 g/mol. The van der Waals surface area contributed by atoms with Gasteiger partial charge in [0.1, 0.15) is 11.7 Å². The molecule has 1 aliphatic heterocycles. The third-order valence-electron chi connectivity index (χ3n) is 4.33. The van der Waals surface area contributed by atoms with Crippen molar-refractivity contribution in [1.29, 1.82) is 10.5 Å². The Bertz CT molecular complexity index is 847. The fourth-order valence-electron chi connectivity index (χ4n) is 2.67. The van der Waals surface area contributed by atoms with Crippen LogP contribution in [0.15, 0.2) is 34.9 Å². The van der Waals surface area contributed by atoms with Crippen molar-refractivity contribution >= 4 is 23.6 Å². The van der Waals surface area contributed by atoms with Gasteiger partial charge in [0.05, 0.1) is 35.6 Å². The molecule has 7 nitrogen and oxygen atoms in total. The molecule has 1 heterocycles. The number of carbonyl (C=O) groups is 2. The van der Waals surface area contributed by atoms with E-state index in [1.807, 2.05) is 30.3 Å². The molecule has 0 bridgehead atoms. The lowest BCUT2D eigenvalue weighted by Crippen LogP contribution is -2.44. The normalized spacial score (nSPS) is 18.1. The van der Waals surface area contributed by atoms with Gasteiger partial charge in [-0.3, -0.25) is 9.59 Å². The van der Waals surface area contributed by atoms with E-state index in [0.29, 0.717) is 17.1 Å². The van der Waals surface area contributed by atoms with Crippen LogP contribution in [0.4, 0.5) is 0 Å². The quantitative estimate of drug-likeness (QED) is 0.776. The number of nitriles is 2. The molecule has 1 aromatic carbocycles. The molecular formula is C19H20N4O3S. The Kier molecular flexibility index (Phi) is 6.49. The molecule has 1 aromatic rings. The van der Waals surface area contributed by atoms with Gasteiger partial charge in [-0.15, -0.1) is 0 Å². The van der Waals surface area contributed by atoms with E-state index in [1.165, 1.54) is 0 Å². The summed E-state index contributed by atoms with van der Waals surface area (Å²) in [6.45, 7) is 3.73. The summed E-state index contributed by atoms with van der Waals surface area (Å²) < 4.78 is 5.09. The van der Waals surface area contributed by atoms with Crippen molar-refractivity contribution < 1.29 is 14.3 Å². The second-order valence-electron chi connectivity index (χ2n) is 6.50. The molecule has 2 rings (SSSR count). The first-order chi connectivity index (χ1) is 12.8. The van der Waals surface area contributed by atoms with E-state index >= 15 is 0 Å². The number of ether oxygens (including phenoxy) is 1. The molecule has 8 heteroatoms. The molecule has 0 spiro atoms. The van der Waals surface area contributed by atoms with Crippen LogP contribution >= 0.6 is 11.8 Å². The number of amides is 2. The lowest BCUT2D eigenvalue weighted by atomic mass is 9.72. The Balaban J connectivity index is 1.98. The summed E-state index contributed by atoms with van der Waals surface area (Å²) in [5, 5.41) is 24.4. The van der Waals surface area contributed by atoms with Crippen molar-refractivity contribution in [3.05, 3.63) is 40.4 Å². The lowest BCUT2D eigenvalue weighted by molar-refractivity contribution is -0.125. The van der Waals surface area contributed by atoms with E-state index in [0.717, 1.165) is 23.1 Å². The highest BCUT2D eigenvalue weighted by molar-refractivity contribution is 8.03. The van der Waals surface area contributed by atoms with Gasteiger partial charge in [-0.05, 0) is 17.7 Å². The van der Waals surface area contributed by atoms with E-state index in [1.54, 1.807) is 21.0 Å². The van der Waals surface area contributed by atoms with Crippen LogP contribution in [0.3, 0.4) is 0 Å². The number of nitrogens with zero attached hydrogens (tertiary/aromatic N) is 2. The fourth-order valence-corrected chi connectivity index (χ4v) is 3.67. The van der Waals surface area contributed by atoms with Crippen LogP contribution in [-0.4, -0.2) is 24.7 Å². The Morgan fingerprint density at radius 2 is 2.00 bits per heavy atom. The maximum Gasteiger partial charge on any atom is 0.243 e. The molecule has 2 N–H and O–H groups in total.